The van der Waals surface area contributed by atoms with Crippen molar-refractivity contribution in [1.29, 1.82) is 0 Å². The topological polar surface area (TPSA) is 52.4 Å². The molecule has 0 saturated heterocycles. The summed E-state index contributed by atoms with van der Waals surface area (Å²) in [7, 11) is 1.63. The Labute approximate surface area is 196 Å². The quantitative estimate of drug-likeness (QED) is 0.270. The maximum absolute atomic E-state index is 6.91. The normalized spacial score (nSPS) is 43.2. The van der Waals surface area contributed by atoms with Gasteiger partial charge in [-0.2, -0.15) is 0 Å². The lowest BCUT2D eigenvalue weighted by Gasteiger charge is -2.60. The first kappa shape index (κ1) is 24.0. The van der Waals surface area contributed by atoms with Gasteiger partial charge in [-0.3, -0.25) is 0 Å². The van der Waals surface area contributed by atoms with Crippen LogP contribution in [0, 0.1) is 34.5 Å². The Morgan fingerprint density at radius 2 is 1.78 bits per heavy atom. The molecule has 0 aliphatic heterocycles. The predicted octanol–water partition coefficient (Wildman–Crippen LogP) is 6.42. The fourth-order valence-corrected chi connectivity index (χ4v) is 9.29. The second kappa shape index (κ2) is 8.57. The zero-order valence-electron chi connectivity index (χ0n) is 21.5. The number of nitrogens with zero attached hydrogens (tertiary/aromatic N) is 2. The molecular weight excluding hydrogens is 416 g/mol. The van der Waals surface area contributed by atoms with Crippen molar-refractivity contribution in [3.05, 3.63) is 11.6 Å². The molecule has 4 aliphatic carbocycles. The molecule has 0 amide bonds. The maximum Gasteiger partial charge on any atom is 0.184 e. The Morgan fingerprint density at radius 3 is 2.44 bits per heavy atom. The zero-order chi connectivity index (χ0) is 23.3. The highest BCUT2D eigenvalue weighted by Crippen LogP contribution is 2.67. The first-order valence-electron chi connectivity index (χ1n) is 12.6. The summed E-state index contributed by atoms with van der Waals surface area (Å²) in [6.07, 6.45) is 11.0. The molecule has 0 aromatic rings. The SMILES string of the molecule is CON=C1C=C2[C@@H](O[Si](C)(C)C)CC3C(CC[C@@]4(C)C3CC[C@@H]4C(C)=NOC)[C@@]2(C)CC1. The highest BCUT2D eigenvalue weighted by Gasteiger charge is 2.61. The van der Waals surface area contributed by atoms with Gasteiger partial charge in [-0.1, -0.05) is 24.2 Å². The minimum Gasteiger partial charge on any atom is -0.411 e. The molecule has 5 nitrogen and oxygen atoms in total. The average Bonchev–Trinajstić information content (AvgIpc) is 3.06. The van der Waals surface area contributed by atoms with Crippen LogP contribution in [0.1, 0.15) is 65.7 Å². The molecule has 7 atom stereocenters. The van der Waals surface area contributed by atoms with E-state index in [0.29, 0.717) is 11.3 Å². The minimum atomic E-state index is -1.69. The third-order valence-corrected chi connectivity index (χ3v) is 10.4. The molecular formula is C26H44N2O3Si. The third-order valence-electron chi connectivity index (χ3n) is 9.41. The van der Waals surface area contributed by atoms with Gasteiger partial charge in [0.1, 0.15) is 14.2 Å². The van der Waals surface area contributed by atoms with Crippen LogP contribution in [0.25, 0.3) is 0 Å². The molecule has 3 fully saturated rings. The molecule has 0 aromatic heterocycles. The molecule has 6 heteroatoms. The Kier molecular flexibility index (Phi) is 6.43. The number of hydrogen-bond donors (Lipinski definition) is 0. The molecule has 3 unspecified atom stereocenters. The van der Waals surface area contributed by atoms with Crippen LogP contribution in [-0.2, 0) is 14.1 Å². The van der Waals surface area contributed by atoms with Crippen LogP contribution in [-0.4, -0.2) is 40.1 Å². The van der Waals surface area contributed by atoms with Crippen LogP contribution in [0.2, 0.25) is 19.6 Å². The second-order valence-electron chi connectivity index (χ2n) is 12.2. The lowest BCUT2D eigenvalue weighted by molar-refractivity contribution is -0.0673. The van der Waals surface area contributed by atoms with Gasteiger partial charge < -0.3 is 14.1 Å². The van der Waals surface area contributed by atoms with Crippen molar-refractivity contribution in [2.75, 3.05) is 14.2 Å². The van der Waals surface area contributed by atoms with E-state index in [9.17, 15) is 0 Å². The van der Waals surface area contributed by atoms with Gasteiger partial charge in [0.2, 0.25) is 0 Å². The van der Waals surface area contributed by atoms with E-state index in [1.165, 1.54) is 37.0 Å². The van der Waals surface area contributed by atoms with Crippen LogP contribution < -0.4 is 0 Å². The van der Waals surface area contributed by atoms with Crippen LogP contribution in [0.4, 0.5) is 0 Å². The predicted molar refractivity (Wildman–Crippen MR) is 133 cm³/mol. The minimum absolute atomic E-state index is 0.203. The van der Waals surface area contributed by atoms with E-state index in [1.807, 2.05) is 0 Å². The third kappa shape index (κ3) is 4.00. The summed E-state index contributed by atoms with van der Waals surface area (Å²) in [4.78, 5) is 10.3. The van der Waals surface area contributed by atoms with Gasteiger partial charge >= 0.3 is 0 Å². The molecule has 4 rings (SSSR count). The number of fused-ring (bicyclic) bond motifs is 5. The molecule has 0 spiro atoms. The fraction of sp³-hybridized carbons (Fsp3) is 0.846. The molecule has 0 radical (unpaired) electrons. The largest absolute Gasteiger partial charge is 0.411 e. The number of rotatable bonds is 5. The van der Waals surface area contributed by atoms with Crippen molar-refractivity contribution in [2.24, 2.45) is 44.8 Å². The first-order chi connectivity index (χ1) is 15.0. The second-order valence-corrected chi connectivity index (χ2v) is 16.7. The number of oxime groups is 2. The van der Waals surface area contributed by atoms with Gasteiger partial charge in [0.05, 0.1) is 17.5 Å². The van der Waals surface area contributed by atoms with Gasteiger partial charge in [-0.25, -0.2) is 0 Å². The molecule has 0 heterocycles. The Hall–Kier alpha value is -1.14. The molecule has 4 aliphatic rings. The standard InChI is InChI=1S/C26H44N2O3Si/c1-17(27-29-4)20-9-10-21-19-16-24(31-32(6,7)8)23-15-18(28-30-5)11-13-26(23,3)22(19)12-14-25(20,21)2/h15,19-22,24H,9-14,16H2,1-8H3/t19?,20-,21?,22?,24+,25-,26-/m1/s1. The summed E-state index contributed by atoms with van der Waals surface area (Å²) in [6, 6.07) is 0. The highest BCUT2D eigenvalue weighted by molar-refractivity contribution is 6.69. The van der Waals surface area contributed by atoms with E-state index in [-0.39, 0.29) is 11.5 Å². The smallest absolute Gasteiger partial charge is 0.184 e. The Balaban J connectivity index is 1.71. The van der Waals surface area contributed by atoms with E-state index in [0.717, 1.165) is 42.7 Å². The molecule has 3 saturated carbocycles. The van der Waals surface area contributed by atoms with E-state index in [1.54, 1.807) is 14.2 Å². The summed E-state index contributed by atoms with van der Waals surface area (Å²) in [5.41, 5.74) is 4.29. The van der Waals surface area contributed by atoms with Gasteiger partial charge in [-0.15, -0.1) is 0 Å². The van der Waals surface area contributed by atoms with Crippen molar-refractivity contribution >= 4 is 19.7 Å². The van der Waals surface area contributed by atoms with Crippen molar-refractivity contribution < 1.29 is 14.1 Å². The van der Waals surface area contributed by atoms with Crippen molar-refractivity contribution in [3.8, 4) is 0 Å². The van der Waals surface area contributed by atoms with Gasteiger partial charge in [-0.05, 0) is 112 Å². The van der Waals surface area contributed by atoms with Crippen LogP contribution in [0.3, 0.4) is 0 Å². The summed E-state index contributed by atoms with van der Waals surface area (Å²) >= 11 is 0. The summed E-state index contributed by atoms with van der Waals surface area (Å²) in [5, 5.41) is 8.70. The molecule has 0 aromatic carbocycles. The maximum atomic E-state index is 6.91. The van der Waals surface area contributed by atoms with Crippen molar-refractivity contribution in [2.45, 2.75) is 91.5 Å². The van der Waals surface area contributed by atoms with E-state index >= 15 is 0 Å². The molecule has 180 valence electrons. The molecule has 0 N–H and O–H groups in total. The van der Waals surface area contributed by atoms with Crippen LogP contribution in [0.5, 0.6) is 0 Å². The fourth-order valence-electron chi connectivity index (χ4n) is 8.21. The number of hydrogen-bond acceptors (Lipinski definition) is 5. The van der Waals surface area contributed by atoms with Crippen molar-refractivity contribution in [1.82, 2.24) is 0 Å². The first-order valence-corrected chi connectivity index (χ1v) is 16.0. The Bertz CT molecular complexity index is 816. The van der Waals surface area contributed by atoms with Crippen LogP contribution in [0.15, 0.2) is 22.0 Å². The summed E-state index contributed by atoms with van der Waals surface area (Å²) in [5.74, 6) is 2.74. The summed E-state index contributed by atoms with van der Waals surface area (Å²) in [6.45, 7) is 14.2. The van der Waals surface area contributed by atoms with E-state index in [4.69, 9.17) is 14.1 Å². The van der Waals surface area contributed by atoms with E-state index in [2.05, 4.69) is 56.8 Å². The van der Waals surface area contributed by atoms with Crippen LogP contribution >= 0.6 is 0 Å². The average molecular weight is 461 g/mol. The van der Waals surface area contributed by atoms with Crippen molar-refractivity contribution in [3.63, 3.8) is 0 Å². The van der Waals surface area contributed by atoms with Gasteiger partial charge in [0.25, 0.3) is 0 Å². The lowest BCUT2D eigenvalue weighted by Crippen LogP contribution is -2.55. The highest BCUT2D eigenvalue weighted by atomic mass is 28.4. The van der Waals surface area contributed by atoms with E-state index < -0.39 is 8.32 Å². The lowest BCUT2D eigenvalue weighted by atomic mass is 9.46. The van der Waals surface area contributed by atoms with Gasteiger partial charge in [0, 0.05) is 5.92 Å². The summed E-state index contributed by atoms with van der Waals surface area (Å²) < 4.78 is 6.91. The Morgan fingerprint density at radius 1 is 1.03 bits per heavy atom. The van der Waals surface area contributed by atoms with Gasteiger partial charge in [0.15, 0.2) is 8.32 Å². The zero-order valence-corrected chi connectivity index (χ0v) is 22.5. The molecule has 32 heavy (non-hydrogen) atoms. The monoisotopic (exact) mass is 460 g/mol. The molecule has 0 bridgehead atoms. The number of allylic oxidation sites excluding steroid dienone is 1.